The summed E-state index contributed by atoms with van der Waals surface area (Å²) in [5.74, 6) is -0.996. The number of hydrogen-bond acceptors (Lipinski definition) is 3. The molecule has 1 atom stereocenters. The van der Waals surface area contributed by atoms with Crippen LogP contribution in [0.1, 0.15) is 38.7 Å². The quantitative estimate of drug-likeness (QED) is 0.741. The van der Waals surface area contributed by atoms with Crippen LogP contribution in [0.5, 0.6) is 0 Å². The van der Waals surface area contributed by atoms with Gasteiger partial charge in [-0.2, -0.15) is 0 Å². The molecule has 0 unspecified atom stereocenters. The second-order valence-corrected chi connectivity index (χ2v) is 5.44. The second-order valence-electron chi connectivity index (χ2n) is 5.44. The largest absolute Gasteiger partial charge is 0.481 e. The molecule has 0 aliphatic rings. The number of carboxylic acid groups (broad SMARTS) is 1. The highest BCUT2D eigenvalue weighted by atomic mass is 16.5. The van der Waals surface area contributed by atoms with Gasteiger partial charge in [0.25, 0.3) is 0 Å². The molecule has 0 spiro atoms. The third-order valence-electron chi connectivity index (χ3n) is 2.97. The van der Waals surface area contributed by atoms with E-state index in [1.54, 1.807) is 0 Å². The van der Waals surface area contributed by atoms with Gasteiger partial charge in [0, 0.05) is 12.8 Å². The maximum atomic E-state index is 11.8. The van der Waals surface area contributed by atoms with Gasteiger partial charge in [-0.05, 0) is 23.8 Å². The molecule has 4 heteroatoms. The fourth-order valence-electron chi connectivity index (χ4n) is 2.19. The summed E-state index contributed by atoms with van der Waals surface area (Å²) >= 11 is 0. The van der Waals surface area contributed by atoms with Crippen LogP contribution in [0.15, 0.2) is 30.3 Å². The number of carbonyl (C=O) groups is 2. The average Bonchev–Trinajstić information content (AvgIpc) is 2.36. The summed E-state index contributed by atoms with van der Waals surface area (Å²) in [5, 5.41) is 8.87. The number of rotatable bonds is 8. The fourth-order valence-corrected chi connectivity index (χ4v) is 2.19. The molecular weight excluding hydrogens is 256 g/mol. The van der Waals surface area contributed by atoms with Gasteiger partial charge in [0.05, 0.1) is 0 Å². The minimum absolute atomic E-state index is 0.0125. The number of aliphatic carboxylic acids is 1. The molecule has 0 bridgehead atoms. The van der Waals surface area contributed by atoms with Crippen molar-refractivity contribution in [1.29, 1.82) is 0 Å². The van der Waals surface area contributed by atoms with Crippen molar-refractivity contribution in [3.8, 4) is 0 Å². The molecule has 1 aromatic carbocycles. The van der Waals surface area contributed by atoms with Gasteiger partial charge in [0.1, 0.15) is 6.61 Å². The van der Waals surface area contributed by atoms with Crippen molar-refractivity contribution >= 4 is 11.9 Å². The third-order valence-corrected chi connectivity index (χ3v) is 2.97. The van der Waals surface area contributed by atoms with Gasteiger partial charge in [0.15, 0.2) is 0 Å². The van der Waals surface area contributed by atoms with Crippen molar-refractivity contribution in [2.75, 3.05) is 0 Å². The topological polar surface area (TPSA) is 63.6 Å². The van der Waals surface area contributed by atoms with Crippen molar-refractivity contribution in [2.45, 2.75) is 39.7 Å². The average molecular weight is 278 g/mol. The zero-order chi connectivity index (χ0) is 15.0. The number of ether oxygens (including phenoxy) is 1. The zero-order valence-electron chi connectivity index (χ0n) is 12.0. The summed E-state index contributed by atoms with van der Waals surface area (Å²) in [5.41, 5.74) is 0.930. The predicted molar refractivity (Wildman–Crippen MR) is 76.1 cm³/mol. The van der Waals surface area contributed by atoms with E-state index in [1.165, 1.54) is 0 Å². The minimum Gasteiger partial charge on any atom is -0.481 e. The van der Waals surface area contributed by atoms with E-state index >= 15 is 0 Å². The molecule has 0 aromatic heterocycles. The summed E-state index contributed by atoms with van der Waals surface area (Å²) in [7, 11) is 0. The predicted octanol–water partition coefficient (Wildman–Crippen LogP) is 3.26. The van der Waals surface area contributed by atoms with Gasteiger partial charge in [-0.1, -0.05) is 44.2 Å². The molecule has 0 heterocycles. The molecule has 0 amide bonds. The molecule has 0 saturated heterocycles. The van der Waals surface area contributed by atoms with E-state index in [0.29, 0.717) is 12.3 Å². The lowest BCUT2D eigenvalue weighted by molar-refractivity contribution is -0.147. The van der Waals surface area contributed by atoms with E-state index < -0.39 is 5.97 Å². The molecule has 0 aliphatic carbocycles. The van der Waals surface area contributed by atoms with Gasteiger partial charge in [-0.25, -0.2) is 0 Å². The first-order valence-electron chi connectivity index (χ1n) is 6.88. The van der Waals surface area contributed by atoms with Crippen LogP contribution in [-0.4, -0.2) is 17.0 Å². The lowest BCUT2D eigenvalue weighted by Crippen LogP contribution is -2.16. The van der Waals surface area contributed by atoms with Crippen LogP contribution in [0.3, 0.4) is 0 Å². The summed E-state index contributed by atoms with van der Waals surface area (Å²) in [6.07, 6.45) is 0.892. The van der Waals surface area contributed by atoms with Crippen LogP contribution in [0, 0.1) is 11.8 Å². The second kappa shape index (κ2) is 8.35. The number of carbonyl (C=O) groups excluding carboxylic acids is 1. The van der Waals surface area contributed by atoms with Crippen molar-refractivity contribution < 1.29 is 19.4 Å². The monoisotopic (exact) mass is 278 g/mol. The molecule has 4 nitrogen and oxygen atoms in total. The highest BCUT2D eigenvalue weighted by Gasteiger charge is 2.19. The van der Waals surface area contributed by atoms with Gasteiger partial charge in [-0.15, -0.1) is 0 Å². The smallest absolute Gasteiger partial charge is 0.306 e. The summed E-state index contributed by atoms with van der Waals surface area (Å²) < 4.78 is 5.19. The number of esters is 1. The molecule has 20 heavy (non-hydrogen) atoms. The van der Waals surface area contributed by atoms with Gasteiger partial charge >= 0.3 is 11.9 Å². The van der Waals surface area contributed by atoms with Gasteiger partial charge < -0.3 is 9.84 Å². The first-order valence-corrected chi connectivity index (χ1v) is 6.88. The van der Waals surface area contributed by atoms with E-state index in [2.05, 4.69) is 0 Å². The highest BCUT2D eigenvalue weighted by Crippen LogP contribution is 2.20. The summed E-state index contributed by atoms with van der Waals surface area (Å²) in [4.78, 5) is 22.6. The van der Waals surface area contributed by atoms with Crippen LogP contribution >= 0.6 is 0 Å². The Morgan fingerprint density at radius 3 is 2.35 bits per heavy atom. The number of benzene rings is 1. The molecule has 1 N–H and O–H groups in total. The van der Waals surface area contributed by atoms with Crippen molar-refractivity contribution in [3.05, 3.63) is 35.9 Å². The highest BCUT2D eigenvalue weighted by molar-refractivity contribution is 5.72. The van der Waals surface area contributed by atoms with Crippen molar-refractivity contribution in [3.63, 3.8) is 0 Å². The van der Waals surface area contributed by atoms with Gasteiger partial charge in [-0.3, -0.25) is 9.59 Å². The van der Waals surface area contributed by atoms with Gasteiger partial charge in [0.2, 0.25) is 0 Å². The molecule has 110 valence electrons. The Kier molecular flexibility index (Phi) is 6.77. The lowest BCUT2D eigenvalue weighted by atomic mass is 9.91. The Morgan fingerprint density at radius 2 is 1.80 bits per heavy atom. The van der Waals surface area contributed by atoms with E-state index in [4.69, 9.17) is 9.84 Å². The Morgan fingerprint density at radius 1 is 1.15 bits per heavy atom. The van der Waals surface area contributed by atoms with Crippen LogP contribution in [-0.2, 0) is 20.9 Å². The Balaban J connectivity index is 2.42. The molecule has 0 fully saturated rings. The Hall–Kier alpha value is -1.84. The zero-order valence-corrected chi connectivity index (χ0v) is 12.0. The molecule has 0 aliphatic heterocycles. The SMILES string of the molecule is CC(C)C[C@@H](CC(=O)O)CC(=O)OCc1ccccc1. The van der Waals surface area contributed by atoms with E-state index in [1.807, 2.05) is 44.2 Å². The van der Waals surface area contributed by atoms with Crippen LogP contribution in [0.25, 0.3) is 0 Å². The summed E-state index contributed by atoms with van der Waals surface area (Å²) in [6.45, 7) is 4.27. The first-order chi connectivity index (χ1) is 9.47. The van der Waals surface area contributed by atoms with Crippen LogP contribution < -0.4 is 0 Å². The molecular formula is C16H22O4. The van der Waals surface area contributed by atoms with Crippen molar-refractivity contribution in [2.24, 2.45) is 11.8 Å². The number of hydrogen-bond donors (Lipinski definition) is 1. The maximum Gasteiger partial charge on any atom is 0.306 e. The molecule has 0 radical (unpaired) electrons. The first kappa shape index (κ1) is 16.2. The maximum absolute atomic E-state index is 11.8. The van der Waals surface area contributed by atoms with E-state index in [9.17, 15) is 9.59 Å². The van der Waals surface area contributed by atoms with E-state index in [0.717, 1.165) is 5.56 Å². The Labute approximate surface area is 119 Å². The van der Waals surface area contributed by atoms with Crippen LogP contribution in [0.2, 0.25) is 0 Å². The minimum atomic E-state index is -0.869. The standard InChI is InChI=1S/C16H22O4/c1-12(2)8-14(9-15(17)18)10-16(19)20-11-13-6-4-3-5-7-13/h3-7,12,14H,8-11H2,1-2H3,(H,17,18)/t14-/m0/s1. The van der Waals surface area contributed by atoms with Crippen molar-refractivity contribution in [1.82, 2.24) is 0 Å². The third kappa shape index (κ3) is 6.92. The van der Waals surface area contributed by atoms with Crippen LogP contribution in [0.4, 0.5) is 0 Å². The summed E-state index contributed by atoms with van der Waals surface area (Å²) in [6, 6.07) is 9.44. The normalized spacial score (nSPS) is 12.2. The fraction of sp³-hybridized carbons (Fsp3) is 0.500. The van der Waals surface area contributed by atoms with E-state index in [-0.39, 0.29) is 31.3 Å². The molecule has 1 aromatic rings. The Bertz CT molecular complexity index is 425. The molecule has 0 saturated carbocycles. The molecule has 1 rings (SSSR count). The lowest BCUT2D eigenvalue weighted by Gasteiger charge is -2.16. The number of carboxylic acids is 1.